The standard InChI is InChI=1S/C11H18N4O2/c1-17-9-10(13-6-14-11(9)16)15-8-4-2-3-7(8)5-12/h6-8H,2-5,12H2,1H3,(H2,13,14,15,16). The SMILES string of the molecule is COc1c(NC2CCCC2CN)nc[nH]c1=O. The number of methoxy groups -OCH3 is 1. The van der Waals surface area contributed by atoms with Gasteiger partial charge in [-0.2, -0.15) is 0 Å². The smallest absolute Gasteiger partial charge is 0.295 e. The number of anilines is 1. The third-order valence-corrected chi connectivity index (χ3v) is 3.30. The van der Waals surface area contributed by atoms with Gasteiger partial charge in [0.15, 0.2) is 5.82 Å². The Hall–Kier alpha value is -1.56. The Balaban J connectivity index is 2.18. The van der Waals surface area contributed by atoms with Crippen molar-refractivity contribution < 1.29 is 4.74 Å². The molecule has 0 spiro atoms. The van der Waals surface area contributed by atoms with Gasteiger partial charge in [-0.3, -0.25) is 4.79 Å². The lowest BCUT2D eigenvalue weighted by Crippen LogP contribution is -2.30. The summed E-state index contributed by atoms with van der Waals surface area (Å²) in [6.45, 7) is 0.656. The fourth-order valence-electron chi connectivity index (χ4n) is 2.36. The van der Waals surface area contributed by atoms with E-state index in [4.69, 9.17) is 10.5 Å². The van der Waals surface area contributed by atoms with E-state index in [-0.39, 0.29) is 17.4 Å². The van der Waals surface area contributed by atoms with Gasteiger partial charge in [0, 0.05) is 6.04 Å². The summed E-state index contributed by atoms with van der Waals surface area (Å²) in [6.07, 6.45) is 4.71. The fourth-order valence-corrected chi connectivity index (χ4v) is 2.36. The van der Waals surface area contributed by atoms with Crippen LogP contribution in [0.2, 0.25) is 0 Å². The Morgan fingerprint density at radius 2 is 2.47 bits per heavy atom. The third kappa shape index (κ3) is 2.41. The second-order valence-electron chi connectivity index (χ2n) is 4.29. The Morgan fingerprint density at radius 1 is 1.65 bits per heavy atom. The van der Waals surface area contributed by atoms with Crippen molar-refractivity contribution in [3.8, 4) is 5.75 Å². The number of aromatic nitrogens is 2. The van der Waals surface area contributed by atoms with Gasteiger partial charge in [-0.05, 0) is 25.3 Å². The van der Waals surface area contributed by atoms with Crippen molar-refractivity contribution in [3.05, 3.63) is 16.7 Å². The maximum atomic E-state index is 11.5. The number of rotatable bonds is 4. The van der Waals surface area contributed by atoms with Crippen LogP contribution in [0.25, 0.3) is 0 Å². The number of ether oxygens (including phenoxy) is 1. The molecule has 1 saturated carbocycles. The highest BCUT2D eigenvalue weighted by Crippen LogP contribution is 2.28. The zero-order valence-corrected chi connectivity index (χ0v) is 9.90. The first-order chi connectivity index (χ1) is 8.26. The van der Waals surface area contributed by atoms with E-state index in [1.54, 1.807) is 0 Å². The number of aromatic amines is 1. The van der Waals surface area contributed by atoms with Crippen LogP contribution in [0.1, 0.15) is 19.3 Å². The topological polar surface area (TPSA) is 93.0 Å². The minimum atomic E-state index is -0.271. The summed E-state index contributed by atoms with van der Waals surface area (Å²) in [5.74, 6) is 1.18. The summed E-state index contributed by atoms with van der Waals surface area (Å²) in [5, 5.41) is 3.27. The van der Waals surface area contributed by atoms with Gasteiger partial charge in [0.2, 0.25) is 5.75 Å². The molecule has 1 aromatic rings. The number of hydrogen-bond acceptors (Lipinski definition) is 5. The van der Waals surface area contributed by atoms with Gasteiger partial charge in [0.25, 0.3) is 5.56 Å². The van der Waals surface area contributed by atoms with E-state index < -0.39 is 0 Å². The molecule has 1 aliphatic carbocycles. The molecule has 4 N–H and O–H groups in total. The molecule has 94 valence electrons. The van der Waals surface area contributed by atoms with Crippen LogP contribution in [0, 0.1) is 5.92 Å². The molecule has 0 saturated heterocycles. The van der Waals surface area contributed by atoms with Gasteiger partial charge >= 0.3 is 0 Å². The number of nitrogens with zero attached hydrogens (tertiary/aromatic N) is 1. The highest BCUT2D eigenvalue weighted by Gasteiger charge is 2.27. The van der Waals surface area contributed by atoms with Crippen molar-refractivity contribution in [1.29, 1.82) is 0 Å². The van der Waals surface area contributed by atoms with Crippen LogP contribution >= 0.6 is 0 Å². The van der Waals surface area contributed by atoms with Crippen LogP contribution in [-0.4, -0.2) is 29.7 Å². The molecule has 0 radical (unpaired) electrons. The predicted molar refractivity (Wildman–Crippen MR) is 65.2 cm³/mol. The zero-order valence-electron chi connectivity index (χ0n) is 9.90. The molecule has 0 aliphatic heterocycles. The maximum absolute atomic E-state index is 11.5. The minimum absolute atomic E-state index is 0.232. The van der Waals surface area contributed by atoms with Crippen LogP contribution in [-0.2, 0) is 0 Å². The molecule has 6 nitrogen and oxygen atoms in total. The van der Waals surface area contributed by atoms with Crippen molar-refractivity contribution in [3.63, 3.8) is 0 Å². The normalized spacial score (nSPS) is 23.6. The number of H-pyrrole nitrogens is 1. The molecular weight excluding hydrogens is 220 g/mol. The van der Waals surface area contributed by atoms with Gasteiger partial charge in [-0.15, -0.1) is 0 Å². The summed E-state index contributed by atoms with van der Waals surface area (Å²) in [5.41, 5.74) is 5.45. The van der Waals surface area contributed by atoms with Crippen molar-refractivity contribution >= 4 is 5.82 Å². The van der Waals surface area contributed by atoms with Crippen molar-refractivity contribution in [2.24, 2.45) is 11.7 Å². The number of hydrogen-bond donors (Lipinski definition) is 3. The third-order valence-electron chi connectivity index (χ3n) is 3.30. The molecule has 1 heterocycles. The highest BCUT2D eigenvalue weighted by atomic mass is 16.5. The van der Waals surface area contributed by atoms with E-state index in [1.807, 2.05) is 0 Å². The van der Waals surface area contributed by atoms with Crippen LogP contribution in [0.15, 0.2) is 11.1 Å². The quantitative estimate of drug-likeness (QED) is 0.702. The Morgan fingerprint density at radius 3 is 3.18 bits per heavy atom. The predicted octanol–water partition coefficient (Wildman–Crippen LogP) is 0.318. The summed E-state index contributed by atoms with van der Waals surface area (Å²) in [4.78, 5) is 18.1. The van der Waals surface area contributed by atoms with E-state index in [9.17, 15) is 4.79 Å². The zero-order chi connectivity index (χ0) is 12.3. The number of nitrogens with one attached hydrogen (secondary N) is 2. The first-order valence-electron chi connectivity index (χ1n) is 5.84. The Kier molecular flexibility index (Phi) is 3.63. The lowest BCUT2D eigenvalue weighted by atomic mass is 10.0. The molecule has 1 fully saturated rings. The molecule has 2 unspecified atom stereocenters. The van der Waals surface area contributed by atoms with E-state index >= 15 is 0 Å². The second kappa shape index (κ2) is 5.18. The van der Waals surface area contributed by atoms with Gasteiger partial charge in [0.05, 0.1) is 13.4 Å². The number of nitrogens with two attached hydrogens (primary N) is 1. The maximum Gasteiger partial charge on any atom is 0.295 e. The van der Waals surface area contributed by atoms with Crippen molar-refractivity contribution in [1.82, 2.24) is 9.97 Å². The summed E-state index contributed by atoms with van der Waals surface area (Å²) in [6, 6.07) is 0.281. The van der Waals surface area contributed by atoms with Crippen molar-refractivity contribution in [2.75, 3.05) is 19.0 Å². The molecule has 0 amide bonds. The van der Waals surface area contributed by atoms with E-state index in [0.29, 0.717) is 18.3 Å². The summed E-state index contributed by atoms with van der Waals surface area (Å²) >= 11 is 0. The van der Waals surface area contributed by atoms with Crippen LogP contribution < -0.4 is 21.3 Å². The summed E-state index contributed by atoms with van der Waals surface area (Å²) in [7, 11) is 1.46. The van der Waals surface area contributed by atoms with Crippen LogP contribution in [0.4, 0.5) is 5.82 Å². The Bertz CT molecular complexity index is 432. The molecule has 0 aromatic carbocycles. The van der Waals surface area contributed by atoms with E-state index in [0.717, 1.165) is 19.3 Å². The van der Waals surface area contributed by atoms with Crippen LogP contribution in [0.3, 0.4) is 0 Å². The largest absolute Gasteiger partial charge is 0.489 e. The average molecular weight is 238 g/mol. The van der Waals surface area contributed by atoms with Crippen LogP contribution in [0.5, 0.6) is 5.75 Å². The lowest BCUT2D eigenvalue weighted by molar-refractivity contribution is 0.406. The van der Waals surface area contributed by atoms with E-state index in [1.165, 1.54) is 13.4 Å². The fraction of sp³-hybridized carbons (Fsp3) is 0.636. The van der Waals surface area contributed by atoms with Gasteiger partial charge < -0.3 is 20.8 Å². The molecule has 1 aromatic heterocycles. The monoisotopic (exact) mass is 238 g/mol. The molecule has 0 bridgehead atoms. The Labute approximate surface area is 99.6 Å². The highest BCUT2D eigenvalue weighted by molar-refractivity contribution is 5.48. The second-order valence-corrected chi connectivity index (χ2v) is 4.29. The summed E-state index contributed by atoms with van der Waals surface area (Å²) < 4.78 is 5.06. The average Bonchev–Trinajstić information content (AvgIpc) is 2.77. The first kappa shape index (κ1) is 11.9. The first-order valence-corrected chi connectivity index (χ1v) is 5.84. The molecule has 1 aliphatic rings. The minimum Gasteiger partial charge on any atom is -0.489 e. The van der Waals surface area contributed by atoms with Gasteiger partial charge in [0.1, 0.15) is 0 Å². The molecule has 6 heteroatoms. The molecular formula is C11H18N4O2. The molecule has 2 atom stereocenters. The van der Waals surface area contributed by atoms with Crippen molar-refractivity contribution in [2.45, 2.75) is 25.3 Å². The lowest BCUT2D eigenvalue weighted by Gasteiger charge is -2.20. The molecule has 17 heavy (non-hydrogen) atoms. The van der Waals surface area contributed by atoms with Gasteiger partial charge in [-0.25, -0.2) is 4.98 Å². The van der Waals surface area contributed by atoms with E-state index in [2.05, 4.69) is 15.3 Å². The molecule has 2 rings (SSSR count). The van der Waals surface area contributed by atoms with Gasteiger partial charge in [-0.1, -0.05) is 6.42 Å².